The third kappa shape index (κ3) is 4.56. The van der Waals surface area contributed by atoms with Crippen LogP contribution in [-0.2, 0) is 18.3 Å². The molecular formula is C21H21BFN5O2S. The van der Waals surface area contributed by atoms with Gasteiger partial charge in [-0.25, -0.2) is 9.37 Å². The molecule has 3 aromatic heterocycles. The molecule has 0 bridgehead atoms. The molecule has 0 spiro atoms. The summed E-state index contributed by atoms with van der Waals surface area (Å²) in [7, 11) is 9.62. The number of benzene rings is 1. The number of rotatable bonds is 8. The van der Waals surface area contributed by atoms with Crippen molar-refractivity contribution in [1.29, 1.82) is 0 Å². The third-order valence-electron chi connectivity index (χ3n) is 4.80. The van der Waals surface area contributed by atoms with Gasteiger partial charge in [-0.05, 0) is 18.2 Å². The van der Waals surface area contributed by atoms with E-state index >= 15 is 0 Å². The number of hydrogen-bond acceptors (Lipinski definition) is 7. The minimum atomic E-state index is -0.518. The molecule has 0 amide bonds. The molecular weight excluding hydrogens is 416 g/mol. The van der Waals surface area contributed by atoms with Gasteiger partial charge in [0.15, 0.2) is 19.5 Å². The van der Waals surface area contributed by atoms with E-state index in [4.69, 9.17) is 23.2 Å². The molecule has 0 aliphatic carbocycles. The molecule has 0 aliphatic rings. The molecule has 3 heterocycles. The highest BCUT2D eigenvalue weighted by Crippen LogP contribution is 2.39. The van der Waals surface area contributed by atoms with Crippen LogP contribution in [0.3, 0.4) is 0 Å². The lowest BCUT2D eigenvalue weighted by Gasteiger charge is -2.16. The van der Waals surface area contributed by atoms with Gasteiger partial charge in [-0.3, -0.25) is 4.98 Å². The monoisotopic (exact) mass is 437 g/mol. The number of nitrogen functional groups attached to an aromatic ring is 1. The highest BCUT2D eigenvalue weighted by atomic mass is 32.1. The van der Waals surface area contributed by atoms with Gasteiger partial charge < -0.3 is 24.6 Å². The molecule has 10 heteroatoms. The number of aromatic nitrogens is 3. The number of anilines is 1. The van der Waals surface area contributed by atoms with Crippen LogP contribution in [0.4, 0.5) is 10.1 Å². The van der Waals surface area contributed by atoms with E-state index in [1.807, 2.05) is 17.7 Å². The number of fused-ring (bicyclic) bond motifs is 1. The molecule has 2 radical (unpaired) electrons. The van der Waals surface area contributed by atoms with Crippen LogP contribution in [0, 0.1) is 5.82 Å². The number of halogens is 1. The predicted molar refractivity (Wildman–Crippen MR) is 121 cm³/mol. The Labute approximate surface area is 184 Å². The number of hydrogen-bond donors (Lipinski definition) is 1. The fourth-order valence-corrected chi connectivity index (χ4v) is 4.24. The average molecular weight is 437 g/mol. The third-order valence-corrected chi connectivity index (χ3v) is 5.94. The van der Waals surface area contributed by atoms with Gasteiger partial charge in [-0.2, -0.15) is 0 Å². The van der Waals surface area contributed by atoms with Crippen LogP contribution >= 0.6 is 11.3 Å². The zero-order valence-corrected chi connectivity index (χ0v) is 18.0. The summed E-state index contributed by atoms with van der Waals surface area (Å²) in [5, 5.41) is 0. The number of methoxy groups -OCH3 is 1. The Morgan fingerprint density at radius 3 is 2.84 bits per heavy atom. The lowest BCUT2D eigenvalue weighted by molar-refractivity contribution is 0.178. The summed E-state index contributed by atoms with van der Waals surface area (Å²) >= 11 is 1.48. The molecule has 4 rings (SSSR count). The lowest BCUT2D eigenvalue weighted by atomic mass is 10.2. The quantitative estimate of drug-likeness (QED) is 0.334. The van der Waals surface area contributed by atoms with Crippen LogP contribution in [-0.4, -0.2) is 47.6 Å². The summed E-state index contributed by atoms with van der Waals surface area (Å²) in [5.74, 6) is 0.903. The van der Waals surface area contributed by atoms with Crippen LogP contribution in [0.15, 0.2) is 42.7 Å². The Morgan fingerprint density at radius 2 is 2.06 bits per heavy atom. The van der Waals surface area contributed by atoms with Gasteiger partial charge in [0.2, 0.25) is 0 Å². The predicted octanol–water partition coefficient (Wildman–Crippen LogP) is 3.74. The van der Waals surface area contributed by atoms with Crippen LogP contribution in [0.2, 0.25) is 0 Å². The molecule has 0 saturated heterocycles. The fourth-order valence-electron chi connectivity index (χ4n) is 3.14. The molecule has 0 aliphatic heterocycles. The van der Waals surface area contributed by atoms with Gasteiger partial charge in [0, 0.05) is 51.3 Å². The molecule has 2 N–H and O–H groups in total. The number of nitrogens with two attached hydrogens (primary N) is 1. The van der Waals surface area contributed by atoms with Gasteiger partial charge >= 0.3 is 0 Å². The van der Waals surface area contributed by atoms with Gasteiger partial charge in [-0.1, -0.05) is 0 Å². The summed E-state index contributed by atoms with van der Waals surface area (Å²) in [4.78, 5) is 11.6. The van der Waals surface area contributed by atoms with E-state index in [2.05, 4.69) is 9.97 Å². The van der Waals surface area contributed by atoms with Crippen LogP contribution in [0.25, 0.3) is 20.9 Å². The van der Waals surface area contributed by atoms with E-state index in [1.165, 1.54) is 23.5 Å². The maximum Gasteiger partial charge on any atom is 0.183 e. The lowest BCUT2D eigenvalue weighted by Crippen LogP contribution is -2.25. The maximum atomic E-state index is 14.2. The van der Waals surface area contributed by atoms with Gasteiger partial charge in [0.1, 0.15) is 11.6 Å². The second kappa shape index (κ2) is 9.05. The highest BCUT2D eigenvalue weighted by Gasteiger charge is 2.16. The second-order valence-corrected chi connectivity index (χ2v) is 8.07. The average Bonchev–Trinajstić information content (AvgIpc) is 3.32. The summed E-state index contributed by atoms with van der Waals surface area (Å²) in [6.07, 6.45) is 3.44. The second-order valence-electron chi connectivity index (χ2n) is 7.02. The van der Waals surface area contributed by atoms with Gasteiger partial charge in [-0.15, -0.1) is 11.3 Å². The van der Waals surface area contributed by atoms with Crippen LogP contribution in [0.5, 0.6) is 11.5 Å². The standard InChI is InChI=1S/C21H21BFN5O2S/c1-27-14(12-28(22)7-8-29-2)11-26-21(27)19-10-16-20(31-19)18(5-6-25-16)30-17-4-3-13(24)9-15(17)23/h3-6,9-11H,7-8,12,24H2,1-2H3. The van der Waals surface area contributed by atoms with Gasteiger partial charge in [0.05, 0.1) is 33.6 Å². The van der Waals surface area contributed by atoms with Crippen molar-refractivity contribution in [3.63, 3.8) is 0 Å². The zero-order valence-electron chi connectivity index (χ0n) is 17.2. The molecule has 0 unspecified atom stereocenters. The first-order chi connectivity index (χ1) is 15.0. The summed E-state index contributed by atoms with van der Waals surface area (Å²) in [6.45, 7) is 1.72. The highest BCUT2D eigenvalue weighted by molar-refractivity contribution is 7.22. The number of thiophene rings is 1. The van der Waals surface area contributed by atoms with Crippen molar-refractivity contribution in [1.82, 2.24) is 19.3 Å². The van der Waals surface area contributed by atoms with E-state index in [0.29, 0.717) is 31.1 Å². The fraction of sp³-hybridized carbons (Fsp3) is 0.238. The molecule has 4 aromatic rings. The first kappa shape index (κ1) is 21.3. The van der Waals surface area contributed by atoms with Crippen molar-refractivity contribution in [3.8, 4) is 22.2 Å². The SMILES string of the molecule is [B]N(CCOC)Cc1cnc(-c2cc3nccc(Oc4ccc(N)cc4F)c3s2)n1C. The number of ether oxygens (including phenoxy) is 2. The number of imidazole rings is 1. The Hall–Kier alpha value is -2.95. The van der Waals surface area contributed by atoms with E-state index in [9.17, 15) is 4.39 Å². The van der Waals surface area contributed by atoms with Crippen LogP contribution in [0.1, 0.15) is 5.69 Å². The van der Waals surface area contributed by atoms with Crippen molar-refractivity contribution >= 4 is 35.2 Å². The van der Waals surface area contributed by atoms with Crippen LogP contribution < -0.4 is 10.5 Å². The topological polar surface area (TPSA) is 78.4 Å². The van der Waals surface area contributed by atoms with Crippen molar-refractivity contribution in [2.24, 2.45) is 7.05 Å². The van der Waals surface area contributed by atoms with Crippen molar-refractivity contribution in [2.45, 2.75) is 6.54 Å². The maximum absolute atomic E-state index is 14.2. The molecule has 0 fully saturated rings. The molecule has 0 saturated carbocycles. The minimum Gasteiger partial charge on any atom is -0.453 e. The molecule has 31 heavy (non-hydrogen) atoms. The Morgan fingerprint density at radius 1 is 1.23 bits per heavy atom. The smallest absolute Gasteiger partial charge is 0.183 e. The Balaban J connectivity index is 1.62. The number of nitrogens with zero attached hydrogens (tertiary/aromatic N) is 4. The van der Waals surface area contributed by atoms with E-state index in [-0.39, 0.29) is 5.75 Å². The van der Waals surface area contributed by atoms with E-state index in [0.717, 1.165) is 26.6 Å². The molecule has 7 nitrogen and oxygen atoms in total. The zero-order chi connectivity index (χ0) is 22.0. The van der Waals surface area contributed by atoms with Crippen molar-refractivity contribution in [2.75, 3.05) is 26.0 Å². The first-order valence-corrected chi connectivity index (χ1v) is 10.4. The Kier molecular flexibility index (Phi) is 6.21. The molecule has 158 valence electrons. The summed E-state index contributed by atoms with van der Waals surface area (Å²) in [5.41, 5.74) is 7.68. The molecule has 0 atom stereocenters. The van der Waals surface area contributed by atoms with E-state index < -0.39 is 5.82 Å². The Bertz CT molecular complexity index is 1210. The van der Waals surface area contributed by atoms with Gasteiger partial charge in [0.25, 0.3) is 0 Å². The van der Waals surface area contributed by atoms with Crippen molar-refractivity contribution < 1.29 is 13.9 Å². The summed E-state index contributed by atoms with van der Waals surface area (Å²) < 4.78 is 27.9. The first-order valence-electron chi connectivity index (χ1n) is 9.57. The summed E-state index contributed by atoms with van der Waals surface area (Å²) in [6, 6.07) is 8.00. The largest absolute Gasteiger partial charge is 0.453 e. The molecule has 1 aromatic carbocycles. The van der Waals surface area contributed by atoms with Crippen molar-refractivity contribution in [3.05, 3.63) is 54.2 Å². The number of pyridine rings is 1. The van der Waals surface area contributed by atoms with E-state index in [1.54, 1.807) is 36.4 Å². The minimum absolute atomic E-state index is 0.107. The normalized spacial score (nSPS) is 11.5.